The lowest BCUT2D eigenvalue weighted by molar-refractivity contribution is -0.154. The molecule has 2 aromatic rings. The van der Waals surface area contributed by atoms with Gasteiger partial charge in [-0.1, -0.05) is 30.3 Å². The molecule has 8 nitrogen and oxygen atoms in total. The van der Waals surface area contributed by atoms with E-state index in [4.69, 9.17) is 9.47 Å². The highest BCUT2D eigenvalue weighted by Crippen LogP contribution is 2.15. The zero-order chi connectivity index (χ0) is 23.6. The summed E-state index contributed by atoms with van der Waals surface area (Å²) in [7, 11) is 1.58. The van der Waals surface area contributed by atoms with Crippen LogP contribution in [0.15, 0.2) is 60.7 Å². The van der Waals surface area contributed by atoms with E-state index in [-0.39, 0.29) is 12.5 Å². The third-order valence-electron chi connectivity index (χ3n) is 5.35. The SMILES string of the molecule is COc1ccc(C=CC(=O)NC(C)C(=O)OCC(=O)N2CCN(c3ccccc3)CC2)cc1. The van der Waals surface area contributed by atoms with E-state index >= 15 is 0 Å². The quantitative estimate of drug-likeness (QED) is 0.489. The fourth-order valence-corrected chi connectivity index (χ4v) is 3.41. The molecule has 0 spiro atoms. The molecule has 8 heteroatoms. The summed E-state index contributed by atoms with van der Waals surface area (Å²) in [6.07, 6.45) is 2.97. The number of amides is 2. The van der Waals surface area contributed by atoms with Gasteiger partial charge in [-0.05, 0) is 42.8 Å². The van der Waals surface area contributed by atoms with Crippen molar-refractivity contribution in [2.75, 3.05) is 44.8 Å². The Bertz CT molecular complexity index is 967. The third-order valence-corrected chi connectivity index (χ3v) is 5.35. The molecule has 33 heavy (non-hydrogen) atoms. The minimum Gasteiger partial charge on any atom is -0.497 e. The van der Waals surface area contributed by atoms with E-state index in [1.165, 1.54) is 13.0 Å². The molecule has 2 amide bonds. The molecule has 1 aliphatic heterocycles. The zero-order valence-corrected chi connectivity index (χ0v) is 18.9. The Morgan fingerprint density at radius 2 is 1.67 bits per heavy atom. The van der Waals surface area contributed by atoms with E-state index in [1.54, 1.807) is 30.2 Å². The summed E-state index contributed by atoms with van der Waals surface area (Å²) in [4.78, 5) is 40.6. The first-order valence-corrected chi connectivity index (χ1v) is 10.8. The Labute approximate surface area is 193 Å². The van der Waals surface area contributed by atoms with Crippen molar-refractivity contribution in [3.05, 3.63) is 66.2 Å². The van der Waals surface area contributed by atoms with Crippen LogP contribution in [0.4, 0.5) is 5.69 Å². The largest absolute Gasteiger partial charge is 0.497 e. The smallest absolute Gasteiger partial charge is 0.328 e. The van der Waals surface area contributed by atoms with Gasteiger partial charge < -0.3 is 24.6 Å². The van der Waals surface area contributed by atoms with Crippen LogP contribution in [0, 0.1) is 0 Å². The number of esters is 1. The molecule has 1 N–H and O–H groups in total. The van der Waals surface area contributed by atoms with Crippen molar-refractivity contribution in [3.8, 4) is 5.75 Å². The number of carbonyl (C=O) groups excluding carboxylic acids is 3. The minimum absolute atomic E-state index is 0.242. The van der Waals surface area contributed by atoms with Crippen LogP contribution in [0.1, 0.15) is 12.5 Å². The number of carbonyl (C=O) groups is 3. The second-order valence-corrected chi connectivity index (χ2v) is 7.65. The Morgan fingerprint density at radius 3 is 2.30 bits per heavy atom. The number of hydrogen-bond donors (Lipinski definition) is 1. The van der Waals surface area contributed by atoms with Gasteiger partial charge in [0.25, 0.3) is 5.91 Å². The summed E-state index contributed by atoms with van der Waals surface area (Å²) in [5.41, 5.74) is 1.95. The number of nitrogens with zero attached hydrogens (tertiary/aromatic N) is 2. The molecule has 1 fully saturated rings. The van der Waals surface area contributed by atoms with Crippen molar-refractivity contribution in [1.82, 2.24) is 10.2 Å². The fourth-order valence-electron chi connectivity index (χ4n) is 3.41. The predicted molar refractivity (Wildman–Crippen MR) is 126 cm³/mol. The number of piperazine rings is 1. The molecule has 1 atom stereocenters. The fraction of sp³-hybridized carbons (Fsp3) is 0.320. The number of ether oxygens (including phenoxy) is 2. The first-order chi connectivity index (χ1) is 16.0. The van der Waals surface area contributed by atoms with Crippen LogP contribution in [0.5, 0.6) is 5.75 Å². The van der Waals surface area contributed by atoms with E-state index in [2.05, 4.69) is 10.2 Å². The van der Waals surface area contributed by atoms with Crippen molar-refractivity contribution in [2.24, 2.45) is 0 Å². The van der Waals surface area contributed by atoms with Crippen molar-refractivity contribution >= 4 is 29.5 Å². The Hall–Kier alpha value is -3.81. The van der Waals surface area contributed by atoms with Crippen LogP contribution in [0.2, 0.25) is 0 Å². The van der Waals surface area contributed by atoms with Crippen LogP contribution in [-0.4, -0.2) is 68.6 Å². The summed E-state index contributed by atoms with van der Waals surface area (Å²) >= 11 is 0. The van der Waals surface area contributed by atoms with Gasteiger partial charge in [0, 0.05) is 37.9 Å². The van der Waals surface area contributed by atoms with Crippen LogP contribution in [-0.2, 0) is 19.1 Å². The molecule has 1 aliphatic rings. The van der Waals surface area contributed by atoms with Crippen LogP contribution in [0.25, 0.3) is 6.08 Å². The molecule has 174 valence electrons. The second kappa shape index (κ2) is 11.7. The zero-order valence-electron chi connectivity index (χ0n) is 18.9. The van der Waals surface area contributed by atoms with Gasteiger partial charge in [0.05, 0.1) is 7.11 Å². The van der Waals surface area contributed by atoms with E-state index < -0.39 is 17.9 Å². The number of methoxy groups -OCH3 is 1. The minimum atomic E-state index is -0.874. The molecule has 1 heterocycles. The standard InChI is InChI=1S/C25H29N3O5/c1-19(26-23(29)13-10-20-8-11-22(32-2)12-9-20)25(31)33-18-24(30)28-16-14-27(15-17-28)21-6-4-3-5-7-21/h3-13,19H,14-18H2,1-2H3,(H,26,29). The summed E-state index contributed by atoms with van der Waals surface area (Å²) < 4.78 is 10.2. The van der Waals surface area contributed by atoms with Gasteiger partial charge in [-0.2, -0.15) is 0 Å². The average Bonchev–Trinajstić information content (AvgIpc) is 2.86. The topological polar surface area (TPSA) is 88.2 Å². The molecule has 1 unspecified atom stereocenters. The number of anilines is 1. The van der Waals surface area contributed by atoms with E-state index in [1.807, 2.05) is 42.5 Å². The highest BCUT2D eigenvalue weighted by Gasteiger charge is 2.23. The maximum atomic E-state index is 12.4. The Balaban J connectivity index is 1.38. The molecule has 1 saturated heterocycles. The third kappa shape index (κ3) is 7.10. The van der Waals surface area contributed by atoms with Crippen molar-refractivity contribution in [3.63, 3.8) is 0 Å². The molecule has 0 aromatic heterocycles. The Kier molecular flexibility index (Phi) is 8.46. The summed E-state index contributed by atoms with van der Waals surface area (Å²) in [6, 6.07) is 16.4. The second-order valence-electron chi connectivity index (χ2n) is 7.65. The first kappa shape index (κ1) is 23.8. The predicted octanol–water partition coefficient (Wildman–Crippen LogP) is 2.11. The van der Waals surface area contributed by atoms with Crippen molar-refractivity contribution in [1.29, 1.82) is 0 Å². The lowest BCUT2D eigenvalue weighted by Gasteiger charge is -2.36. The molecule has 0 saturated carbocycles. The highest BCUT2D eigenvalue weighted by atomic mass is 16.5. The number of benzene rings is 2. The lowest BCUT2D eigenvalue weighted by Crippen LogP contribution is -2.50. The maximum Gasteiger partial charge on any atom is 0.328 e. The molecule has 0 bridgehead atoms. The van der Waals surface area contributed by atoms with Gasteiger partial charge in [0.1, 0.15) is 11.8 Å². The molecule has 0 aliphatic carbocycles. The van der Waals surface area contributed by atoms with E-state index in [0.29, 0.717) is 13.1 Å². The molecule has 0 radical (unpaired) electrons. The molecule has 2 aromatic carbocycles. The van der Waals surface area contributed by atoms with Crippen molar-refractivity contribution < 1.29 is 23.9 Å². The molecule has 3 rings (SSSR count). The lowest BCUT2D eigenvalue weighted by atomic mass is 10.2. The van der Waals surface area contributed by atoms with Gasteiger partial charge in [-0.3, -0.25) is 9.59 Å². The number of para-hydroxylation sites is 1. The van der Waals surface area contributed by atoms with Gasteiger partial charge in [0.2, 0.25) is 5.91 Å². The normalized spacial score (nSPS) is 14.6. The van der Waals surface area contributed by atoms with Crippen LogP contribution in [0.3, 0.4) is 0 Å². The summed E-state index contributed by atoms with van der Waals surface area (Å²) in [5, 5.41) is 2.54. The van der Waals surface area contributed by atoms with E-state index in [0.717, 1.165) is 30.1 Å². The summed E-state index contributed by atoms with van der Waals surface area (Å²) in [6.45, 7) is 3.74. The van der Waals surface area contributed by atoms with Gasteiger partial charge in [0.15, 0.2) is 6.61 Å². The maximum absolute atomic E-state index is 12.4. The monoisotopic (exact) mass is 451 g/mol. The molecular weight excluding hydrogens is 422 g/mol. The first-order valence-electron chi connectivity index (χ1n) is 10.8. The average molecular weight is 452 g/mol. The highest BCUT2D eigenvalue weighted by molar-refractivity contribution is 5.94. The van der Waals surface area contributed by atoms with Crippen LogP contribution < -0.4 is 15.0 Å². The number of nitrogens with one attached hydrogen (secondary N) is 1. The molecular formula is C25H29N3O5. The number of rotatable bonds is 8. The van der Waals surface area contributed by atoms with Crippen molar-refractivity contribution in [2.45, 2.75) is 13.0 Å². The van der Waals surface area contributed by atoms with Crippen LogP contribution >= 0.6 is 0 Å². The van der Waals surface area contributed by atoms with Gasteiger partial charge in [-0.15, -0.1) is 0 Å². The van der Waals surface area contributed by atoms with Gasteiger partial charge >= 0.3 is 5.97 Å². The summed E-state index contributed by atoms with van der Waals surface area (Å²) in [5.74, 6) is -0.606. The van der Waals surface area contributed by atoms with Gasteiger partial charge in [-0.25, -0.2) is 4.79 Å². The number of hydrogen-bond acceptors (Lipinski definition) is 6. The Morgan fingerprint density at radius 1 is 1.00 bits per heavy atom. The van der Waals surface area contributed by atoms with E-state index in [9.17, 15) is 14.4 Å².